The van der Waals surface area contributed by atoms with Crippen LogP contribution in [0.3, 0.4) is 0 Å². The first-order valence-electron chi connectivity index (χ1n) is 7.19. The molecular formula is C17H17Cl2NO2S. The first-order chi connectivity index (χ1) is 11.1. The van der Waals surface area contributed by atoms with E-state index in [1.54, 1.807) is 30.0 Å². The monoisotopic (exact) mass is 369 g/mol. The van der Waals surface area contributed by atoms with Crippen LogP contribution in [0.15, 0.2) is 47.4 Å². The summed E-state index contributed by atoms with van der Waals surface area (Å²) in [5.74, 6) is 1.22. The van der Waals surface area contributed by atoms with Gasteiger partial charge in [0.15, 0.2) is 0 Å². The second-order valence-corrected chi connectivity index (χ2v) is 6.65. The topological polar surface area (TPSA) is 38.3 Å². The predicted molar refractivity (Wildman–Crippen MR) is 97.1 cm³/mol. The van der Waals surface area contributed by atoms with Crippen LogP contribution in [0.1, 0.15) is 17.3 Å². The number of hydrogen-bond donors (Lipinski definition) is 1. The Morgan fingerprint density at radius 1 is 1.17 bits per heavy atom. The number of carbonyl (C=O) groups is 1. The van der Waals surface area contributed by atoms with Crippen molar-refractivity contribution < 1.29 is 9.53 Å². The van der Waals surface area contributed by atoms with Crippen molar-refractivity contribution in [2.24, 2.45) is 0 Å². The van der Waals surface area contributed by atoms with E-state index in [4.69, 9.17) is 27.9 Å². The summed E-state index contributed by atoms with van der Waals surface area (Å²) in [6.07, 6.45) is 0. The van der Waals surface area contributed by atoms with Crippen molar-refractivity contribution in [1.29, 1.82) is 0 Å². The maximum Gasteiger partial charge on any atom is 0.251 e. The summed E-state index contributed by atoms with van der Waals surface area (Å²) >= 11 is 13.6. The number of carbonyl (C=O) groups excluding carboxylic acids is 1. The van der Waals surface area contributed by atoms with E-state index in [1.165, 1.54) is 0 Å². The third-order valence-electron chi connectivity index (χ3n) is 2.96. The fraction of sp³-hybridized carbons (Fsp3) is 0.235. The van der Waals surface area contributed by atoms with Crippen molar-refractivity contribution in [3.05, 3.63) is 58.1 Å². The number of nitrogens with one attached hydrogen (secondary N) is 1. The van der Waals surface area contributed by atoms with Crippen LogP contribution in [0.5, 0.6) is 5.75 Å². The Bertz CT molecular complexity index is 662. The van der Waals surface area contributed by atoms with Gasteiger partial charge in [0.25, 0.3) is 5.91 Å². The zero-order valence-electron chi connectivity index (χ0n) is 12.6. The maximum atomic E-state index is 12.1. The van der Waals surface area contributed by atoms with E-state index in [9.17, 15) is 4.79 Å². The minimum Gasteiger partial charge on any atom is -0.492 e. The first-order valence-corrected chi connectivity index (χ1v) is 8.93. The molecule has 0 aliphatic rings. The average Bonchev–Trinajstić information content (AvgIpc) is 2.55. The summed E-state index contributed by atoms with van der Waals surface area (Å²) in [5, 5.41) is 4.03. The van der Waals surface area contributed by atoms with Gasteiger partial charge in [-0.25, -0.2) is 0 Å². The number of ether oxygens (including phenoxy) is 1. The number of rotatable bonds is 7. The molecule has 6 heteroatoms. The van der Waals surface area contributed by atoms with Crippen LogP contribution < -0.4 is 10.1 Å². The van der Waals surface area contributed by atoms with Crippen molar-refractivity contribution in [1.82, 2.24) is 5.32 Å². The van der Waals surface area contributed by atoms with Crippen LogP contribution in [-0.2, 0) is 0 Å². The molecule has 122 valence electrons. The van der Waals surface area contributed by atoms with Gasteiger partial charge in [-0.1, -0.05) is 23.2 Å². The Labute approximate surface area is 150 Å². The van der Waals surface area contributed by atoms with Gasteiger partial charge in [-0.05, 0) is 49.4 Å². The fourth-order valence-corrected chi connectivity index (χ4v) is 3.01. The van der Waals surface area contributed by atoms with Gasteiger partial charge in [-0.3, -0.25) is 4.79 Å². The van der Waals surface area contributed by atoms with E-state index in [1.807, 2.05) is 31.2 Å². The average molecular weight is 370 g/mol. The van der Waals surface area contributed by atoms with Crippen LogP contribution in [0.25, 0.3) is 0 Å². The first kappa shape index (κ1) is 18.0. The largest absolute Gasteiger partial charge is 0.492 e. The van der Waals surface area contributed by atoms with E-state index in [2.05, 4.69) is 5.32 Å². The molecule has 2 rings (SSSR count). The molecule has 0 aliphatic heterocycles. The van der Waals surface area contributed by atoms with Crippen LogP contribution in [0.2, 0.25) is 10.0 Å². The van der Waals surface area contributed by atoms with Crippen LogP contribution in [-0.4, -0.2) is 24.8 Å². The highest BCUT2D eigenvalue weighted by Gasteiger charge is 2.09. The van der Waals surface area contributed by atoms with E-state index >= 15 is 0 Å². The molecular weight excluding hydrogens is 353 g/mol. The summed E-state index contributed by atoms with van der Waals surface area (Å²) in [6.45, 7) is 2.99. The Balaban J connectivity index is 1.80. The summed E-state index contributed by atoms with van der Waals surface area (Å²) in [6, 6.07) is 12.7. The molecule has 0 heterocycles. The lowest BCUT2D eigenvalue weighted by molar-refractivity contribution is 0.0956. The van der Waals surface area contributed by atoms with Crippen LogP contribution >= 0.6 is 35.0 Å². The zero-order valence-corrected chi connectivity index (χ0v) is 15.0. The number of thioether (sulfide) groups is 1. The minimum atomic E-state index is -0.147. The van der Waals surface area contributed by atoms with Crippen molar-refractivity contribution in [2.45, 2.75) is 11.8 Å². The molecule has 2 aromatic rings. The van der Waals surface area contributed by atoms with E-state index in [-0.39, 0.29) is 5.91 Å². The normalized spacial score (nSPS) is 10.4. The molecule has 1 amide bonds. The molecule has 0 bridgehead atoms. The molecule has 3 nitrogen and oxygen atoms in total. The van der Waals surface area contributed by atoms with Gasteiger partial charge in [-0.2, -0.15) is 0 Å². The number of hydrogen-bond acceptors (Lipinski definition) is 3. The quantitative estimate of drug-likeness (QED) is 0.556. The van der Waals surface area contributed by atoms with E-state index in [0.29, 0.717) is 29.5 Å². The van der Waals surface area contributed by atoms with Gasteiger partial charge in [0, 0.05) is 27.8 Å². The molecule has 0 spiro atoms. The van der Waals surface area contributed by atoms with Crippen molar-refractivity contribution in [3.8, 4) is 5.75 Å². The van der Waals surface area contributed by atoms with Gasteiger partial charge in [0.1, 0.15) is 5.75 Å². The van der Waals surface area contributed by atoms with Crippen LogP contribution in [0, 0.1) is 0 Å². The highest BCUT2D eigenvalue weighted by atomic mass is 35.5. The Morgan fingerprint density at radius 3 is 2.57 bits per heavy atom. The molecule has 0 fully saturated rings. The maximum absolute atomic E-state index is 12.1. The third kappa shape index (κ3) is 5.65. The highest BCUT2D eigenvalue weighted by molar-refractivity contribution is 7.99. The number of amides is 1. The van der Waals surface area contributed by atoms with E-state index in [0.717, 1.165) is 15.7 Å². The molecule has 0 unspecified atom stereocenters. The Kier molecular flexibility index (Phi) is 7.09. The standard InChI is InChI=1S/C17H17Cl2NO2S/c1-2-22-16-8-3-12(11-15(16)19)17(21)20-9-10-23-14-6-4-13(18)5-7-14/h3-8,11H,2,9-10H2,1H3,(H,20,21). The molecule has 1 N–H and O–H groups in total. The van der Waals surface area contributed by atoms with Crippen molar-refractivity contribution >= 4 is 40.9 Å². The molecule has 0 aliphatic carbocycles. The lowest BCUT2D eigenvalue weighted by atomic mass is 10.2. The van der Waals surface area contributed by atoms with Crippen molar-refractivity contribution in [2.75, 3.05) is 18.9 Å². The Morgan fingerprint density at radius 2 is 1.91 bits per heavy atom. The van der Waals surface area contributed by atoms with Gasteiger partial charge in [0.05, 0.1) is 11.6 Å². The summed E-state index contributed by atoms with van der Waals surface area (Å²) in [7, 11) is 0. The summed E-state index contributed by atoms with van der Waals surface area (Å²) in [4.78, 5) is 13.2. The van der Waals surface area contributed by atoms with Crippen LogP contribution in [0.4, 0.5) is 0 Å². The molecule has 0 saturated carbocycles. The molecule has 23 heavy (non-hydrogen) atoms. The minimum absolute atomic E-state index is 0.147. The smallest absolute Gasteiger partial charge is 0.251 e. The van der Waals surface area contributed by atoms with Gasteiger partial charge in [-0.15, -0.1) is 11.8 Å². The zero-order chi connectivity index (χ0) is 16.7. The predicted octanol–water partition coefficient (Wildman–Crippen LogP) is 4.91. The van der Waals surface area contributed by atoms with Gasteiger partial charge in [0.2, 0.25) is 0 Å². The summed E-state index contributed by atoms with van der Waals surface area (Å²) < 4.78 is 5.35. The highest BCUT2D eigenvalue weighted by Crippen LogP contribution is 2.25. The van der Waals surface area contributed by atoms with Gasteiger partial charge >= 0.3 is 0 Å². The molecule has 0 saturated heterocycles. The molecule has 0 radical (unpaired) electrons. The molecule has 2 aromatic carbocycles. The fourth-order valence-electron chi connectivity index (χ4n) is 1.88. The second-order valence-electron chi connectivity index (χ2n) is 4.64. The lowest BCUT2D eigenvalue weighted by Crippen LogP contribution is -2.25. The Hall–Kier alpha value is -1.36. The van der Waals surface area contributed by atoms with E-state index < -0.39 is 0 Å². The van der Waals surface area contributed by atoms with Gasteiger partial charge < -0.3 is 10.1 Å². The summed E-state index contributed by atoms with van der Waals surface area (Å²) in [5.41, 5.74) is 0.523. The third-order valence-corrected chi connectivity index (χ3v) is 4.52. The molecule has 0 aromatic heterocycles. The number of halogens is 2. The lowest BCUT2D eigenvalue weighted by Gasteiger charge is -2.08. The second kappa shape index (κ2) is 9.06. The SMILES string of the molecule is CCOc1ccc(C(=O)NCCSc2ccc(Cl)cc2)cc1Cl. The number of benzene rings is 2. The van der Waals surface area contributed by atoms with Crippen molar-refractivity contribution in [3.63, 3.8) is 0 Å². The molecule has 0 atom stereocenters.